The predicted octanol–water partition coefficient (Wildman–Crippen LogP) is 3.61. The summed E-state index contributed by atoms with van der Waals surface area (Å²) >= 11 is 0. The molecule has 0 spiro atoms. The molecule has 1 aliphatic rings. The van der Waals surface area contributed by atoms with Crippen molar-refractivity contribution in [1.82, 2.24) is 10.2 Å². The highest BCUT2D eigenvalue weighted by Crippen LogP contribution is 2.27. The van der Waals surface area contributed by atoms with E-state index in [0.29, 0.717) is 34.4 Å². The van der Waals surface area contributed by atoms with E-state index in [1.54, 1.807) is 25.1 Å². The minimum absolute atomic E-state index is 0.119. The third-order valence-corrected chi connectivity index (χ3v) is 5.63. The van der Waals surface area contributed by atoms with E-state index in [-0.39, 0.29) is 23.5 Å². The molecular weight excluding hydrogens is 392 g/mol. The van der Waals surface area contributed by atoms with Gasteiger partial charge in [0.25, 0.3) is 5.91 Å². The van der Waals surface area contributed by atoms with E-state index >= 15 is 0 Å². The Morgan fingerprint density at radius 3 is 2.48 bits per heavy atom. The van der Waals surface area contributed by atoms with Crippen molar-refractivity contribution >= 4 is 16.9 Å². The highest BCUT2D eigenvalue weighted by atomic mass is 16.5. The highest BCUT2D eigenvalue weighted by molar-refractivity contribution is 6.05. The number of ether oxygens (including phenoxy) is 1. The van der Waals surface area contributed by atoms with E-state index in [4.69, 9.17) is 9.15 Å². The van der Waals surface area contributed by atoms with Gasteiger partial charge in [0.15, 0.2) is 11.0 Å². The molecule has 0 aliphatic carbocycles. The number of rotatable bonds is 5. The summed E-state index contributed by atoms with van der Waals surface area (Å²) in [5.41, 5.74) is 1.92. The summed E-state index contributed by atoms with van der Waals surface area (Å²) in [4.78, 5) is 28.2. The van der Waals surface area contributed by atoms with Crippen LogP contribution in [-0.2, 0) is 4.74 Å². The van der Waals surface area contributed by atoms with Crippen LogP contribution in [0.4, 0.5) is 0 Å². The number of benzene rings is 2. The molecule has 1 N–H and O–H groups in total. The molecule has 6 heteroatoms. The number of nitrogens with zero attached hydrogens (tertiary/aromatic N) is 1. The van der Waals surface area contributed by atoms with Crippen molar-refractivity contribution in [1.29, 1.82) is 0 Å². The van der Waals surface area contributed by atoms with E-state index < -0.39 is 0 Å². The topological polar surface area (TPSA) is 71.8 Å². The Hall–Kier alpha value is -2.96. The lowest BCUT2D eigenvalue weighted by molar-refractivity contribution is -0.0672. The van der Waals surface area contributed by atoms with Gasteiger partial charge in [0.05, 0.1) is 23.2 Å². The number of amides is 1. The summed E-state index contributed by atoms with van der Waals surface area (Å²) in [7, 11) is 0. The lowest BCUT2D eigenvalue weighted by Gasteiger charge is -2.35. The number of hydrogen-bond acceptors (Lipinski definition) is 5. The number of fused-ring (bicyclic) bond motifs is 1. The van der Waals surface area contributed by atoms with Gasteiger partial charge in [-0.25, -0.2) is 0 Å². The van der Waals surface area contributed by atoms with Gasteiger partial charge in [-0.1, -0.05) is 36.4 Å². The summed E-state index contributed by atoms with van der Waals surface area (Å²) in [6.45, 7) is 8.83. The van der Waals surface area contributed by atoms with Crippen molar-refractivity contribution in [3.8, 4) is 11.3 Å². The van der Waals surface area contributed by atoms with Crippen LogP contribution in [0.1, 0.15) is 29.8 Å². The van der Waals surface area contributed by atoms with Crippen LogP contribution in [0.15, 0.2) is 57.7 Å². The van der Waals surface area contributed by atoms with E-state index in [1.807, 2.05) is 30.3 Å². The van der Waals surface area contributed by atoms with Crippen LogP contribution in [0, 0.1) is 6.92 Å². The molecule has 1 fully saturated rings. The molecule has 6 nitrogen and oxygen atoms in total. The van der Waals surface area contributed by atoms with Crippen LogP contribution < -0.4 is 10.7 Å². The van der Waals surface area contributed by atoms with Gasteiger partial charge in [-0.2, -0.15) is 0 Å². The second-order valence-electron chi connectivity index (χ2n) is 8.21. The van der Waals surface area contributed by atoms with Gasteiger partial charge in [-0.15, -0.1) is 0 Å². The second kappa shape index (κ2) is 9.04. The molecule has 2 atom stereocenters. The largest absolute Gasteiger partial charge is 0.455 e. The molecule has 2 aromatic carbocycles. The van der Waals surface area contributed by atoms with Gasteiger partial charge >= 0.3 is 0 Å². The summed E-state index contributed by atoms with van der Waals surface area (Å²) in [6.07, 6.45) is 0.373. The fraction of sp³-hybridized carbons (Fsp3) is 0.360. The molecule has 0 radical (unpaired) electrons. The number of carbonyl (C=O) groups excluding carboxylic acids is 1. The summed E-state index contributed by atoms with van der Waals surface area (Å²) in [5, 5.41) is 3.40. The zero-order chi connectivity index (χ0) is 22.0. The van der Waals surface area contributed by atoms with Crippen molar-refractivity contribution in [2.24, 2.45) is 0 Å². The molecule has 162 valence electrons. The van der Waals surface area contributed by atoms with Crippen LogP contribution in [0.2, 0.25) is 0 Å². The van der Waals surface area contributed by atoms with Crippen LogP contribution >= 0.6 is 0 Å². The fourth-order valence-corrected chi connectivity index (χ4v) is 4.24. The lowest BCUT2D eigenvalue weighted by Crippen LogP contribution is -2.47. The molecule has 3 aromatic rings. The maximum Gasteiger partial charge on any atom is 0.255 e. The van der Waals surface area contributed by atoms with Gasteiger partial charge in [0.1, 0.15) is 5.76 Å². The Bertz CT molecular complexity index is 1130. The summed E-state index contributed by atoms with van der Waals surface area (Å²) < 4.78 is 11.9. The normalized spacial score (nSPS) is 19.5. The van der Waals surface area contributed by atoms with Gasteiger partial charge in [0.2, 0.25) is 0 Å². The third-order valence-electron chi connectivity index (χ3n) is 5.63. The Labute approximate surface area is 181 Å². The monoisotopic (exact) mass is 420 g/mol. The fourth-order valence-electron chi connectivity index (χ4n) is 4.24. The molecule has 2 heterocycles. The second-order valence-corrected chi connectivity index (χ2v) is 8.21. The highest BCUT2D eigenvalue weighted by Gasteiger charge is 2.22. The van der Waals surface area contributed by atoms with Crippen molar-refractivity contribution in [2.45, 2.75) is 33.0 Å². The molecule has 1 aromatic heterocycles. The minimum atomic E-state index is -0.244. The molecule has 2 unspecified atom stereocenters. The average molecular weight is 421 g/mol. The summed E-state index contributed by atoms with van der Waals surface area (Å²) in [6, 6.07) is 14.6. The van der Waals surface area contributed by atoms with Crippen LogP contribution in [-0.4, -0.2) is 49.2 Å². The first-order valence-corrected chi connectivity index (χ1v) is 10.7. The predicted molar refractivity (Wildman–Crippen MR) is 121 cm³/mol. The van der Waals surface area contributed by atoms with Crippen LogP contribution in [0.5, 0.6) is 0 Å². The number of para-hydroxylation sites is 1. The SMILES string of the molecule is Cc1c(-c2ccccc2)oc2c(C(=O)NCCN3CC(C)OC(C)C3)cccc2c1=O. The lowest BCUT2D eigenvalue weighted by atomic mass is 10.0. The Morgan fingerprint density at radius 2 is 1.77 bits per heavy atom. The van der Waals surface area contributed by atoms with E-state index in [9.17, 15) is 9.59 Å². The van der Waals surface area contributed by atoms with Crippen molar-refractivity contribution in [3.05, 3.63) is 69.9 Å². The standard InChI is InChI=1S/C25H28N2O4/c1-16-14-27(15-17(2)30-16)13-12-26-25(29)21-11-7-10-20-22(28)18(3)23(31-24(20)21)19-8-5-4-6-9-19/h4-11,16-17H,12-15H2,1-3H3,(H,26,29). The zero-order valence-corrected chi connectivity index (χ0v) is 18.2. The van der Waals surface area contributed by atoms with E-state index in [0.717, 1.165) is 25.2 Å². The average Bonchev–Trinajstić information content (AvgIpc) is 2.75. The van der Waals surface area contributed by atoms with Gasteiger partial charge < -0.3 is 14.5 Å². The van der Waals surface area contributed by atoms with Gasteiger partial charge in [-0.3, -0.25) is 14.5 Å². The quantitative estimate of drug-likeness (QED) is 0.683. The van der Waals surface area contributed by atoms with Crippen molar-refractivity contribution in [2.75, 3.05) is 26.2 Å². The first kappa shape index (κ1) is 21.3. The molecular formula is C25H28N2O4. The number of hydrogen-bond donors (Lipinski definition) is 1. The molecule has 1 aliphatic heterocycles. The van der Waals surface area contributed by atoms with Crippen LogP contribution in [0.25, 0.3) is 22.3 Å². The molecule has 0 bridgehead atoms. The number of morpholine rings is 1. The third kappa shape index (κ3) is 4.55. The number of nitrogens with one attached hydrogen (secondary N) is 1. The van der Waals surface area contributed by atoms with Gasteiger partial charge in [0, 0.05) is 37.3 Å². The first-order valence-electron chi connectivity index (χ1n) is 10.7. The number of carbonyl (C=O) groups is 1. The molecule has 1 saturated heterocycles. The minimum Gasteiger partial charge on any atom is -0.455 e. The smallest absolute Gasteiger partial charge is 0.255 e. The van der Waals surface area contributed by atoms with Gasteiger partial charge in [-0.05, 0) is 32.9 Å². The maximum absolute atomic E-state index is 13.0. The molecule has 0 saturated carbocycles. The van der Waals surface area contributed by atoms with Crippen molar-refractivity contribution < 1.29 is 13.9 Å². The first-order chi connectivity index (χ1) is 14.9. The van der Waals surface area contributed by atoms with E-state index in [2.05, 4.69) is 24.1 Å². The maximum atomic E-state index is 13.0. The van der Waals surface area contributed by atoms with Crippen molar-refractivity contribution in [3.63, 3.8) is 0 Å². The Morgan fingerprint density at radius 1 is 1.06 bits per heavy atom. The Kier molecular flexibility index (Phi) is 6.20. The summed E-state index contributed by atoms with van der Waals surface area (Å²) in [5.74, 6) is 0.251. The Balaban J connectivity index is 1.58. The molecule has 1 amide bonds. The molecule has 4 rings (SSSR count). The van der Waals surface area contributed by atoms with E-state index in [1.165, 1.54) is 0 Å². The molecule has 31 heavy (non-hydrogen) atoms. The zero-order valence-electron chi connectivity index (χ0n) is 18.2. The van der Waals surface area contributed by atoms with Crippen LogP contribution in [0.3, 0.4) is 0 Å².